The zero-order valence-corrected chi connectivity index (χ0v) is 11.6. The van der Waals surface area contributed by atoms with Crippen molar-refractivity contribution < 1.29 is 19.6 Å². The highest BCUT2D eigenvalue weighted by Crippen LogP contribution is 2.29. The van der Waals surface area contributed by atoms with Gasteiger partial charge in [-0.25, -0.2) is 0 Å². The second-order valence-electron chi connectivity index (χ2n) is 5.41. The average molecular weight is 296 g/mol. The van der Waals surface area contributed by atoms with Gasteiger partial charge in [0.05, 0.1) is 22.8 Å². The first kappa shape index (κ1) is 14.9. The summed E-state index contributed by atoms with van der Waals surface area (Å²) in [4.78, 5) is 34.8. The highest BCUT2D eigenvalue weighted by Gasteiger charge is 2.39. The van der Waals surface area contributed by atoms with Gasteiger partial charge < -0.3 is 20.1 Å². The van der Waals surface area contributed by atoms with Gasteiger partial charge in [0.2, 0.25) is 5.91 Å². The van der Waals surface area contributed by atoms with E-state index in [-0.39, 0.29) is 24.8 Å². The van der Waals surface area contributed by atoms with E-state index in [0.29, 0.717) is 19.4 Å². The molecular formula is C12H16N4O5. The van der Waals surface area contributed by atoms with Gasteiger partial charge in [-0.3, -0.25) is 9.59 Å². The van der Waals surface area contributed by atoms with E-state index in [1.54, 1.807) is 6.92 Å². The fraction of sp³-hybridized carbons (Fsp3) is 0.583. The summed E-state index contributed by atoms with van der Waals surface area (Å²) in [7, 11) is 0. The quantitative estimate of drug-likeness (QED) is 0.638. The van der Waals surface area contributed by atoms with Gasteiger partial charge >= 0.3 is 11.8 Å². The number of rotatable bonds is 4. The Balaban J connectivity index is 2.02. The Morgan fingerprint density at radius 3 is 2.86 bits per heavy atom. The van der Waals surface area contributed by atoms with E-state index in [1.807, 2.05) is 0 Å². The normalized spacial score (nSPS) is 22.0. The van der Waals surface area contributed by atoms with Gasteiger partial charge in [-0.05, 0) is 24.7 Å². The van der Waals surface area contributed by atoms with Gasteiger partial charge in [0.1, 0.15) is 6.54 Å². The molecule has 0 saturated carbocycles. The summed E-state index contributed by atoms with van der Waals surface area (Å²) in [6.07, 6.45) is 2.50. The van der Waals surface area contributed by atoms with Crippen LogP contribution in [0.25, 0.3) is 0 Å². The summed E-state index contributed by atoms with van der Waals surface area (Å²) >= 11 is 0. The van der Waals surface area contributed by atoms with Crippen LogP contribution in [0.2, 0.25) is 0 Å². The number of piperidine rings is 1. The van der Waals surface area contributed by atoms with Crippen LogP contribution in [-0.4, -0.2) is 49.7 Å². The van der Waals surface area contributed by atoms with E-state index in [1.165, 1.54) is 21.8 Å². The molecule has 1 aliphatic heterocycles. The van der Waals surface area contributed by atoms with Crippen LogP contribution in [0, 0.1) is 15.5 Å². The molecule has 1 atom stereocenters. The van der Waals surface area contributed by atoms with Crippen LogP contribution in [0.15, 0.2) is 12.3 Å². The van der Waals surface area contributed by atoms with Crippen LogP contribution < -0.4 is 0 Å². The van der Waals surface area contributed by atoms with Gasteiger partial charge in [0.15, 0.2) is 0 Å². The van der Waals surface area contributed by atoms with Gasteiger partial charge in [-0.15, -0.1) is 0 Å². The molecule has 2 rings (SSSR count). The second-order valence-corrected chi connectivity index (χ2v) is 5.41. The summed E-state index contributed by atoms with van der Waals surface area (Å²) in [6.45, 7) is 2.12. The van der Waals surface area contributed by atoms with Crippen LogP contribution in [-0.2, 0) is 16.1 Å². The molecule has 9 nitrogen and oxygen atoms in total. The number of hydrogen-bond acceptors (Lipinski definition) is 5. The molecule has 1 amide bonds. The topological polar surface area (TPSA) is 119 Å². The lowest BCUT2D eigenvalue weighted by molar-refractivity contribution is -0.389. The van der Waals surface area contributed by atoms with Gasteiger partial charge in [0, 0.05) is 13.1 Å². The number of carbonyl (C=O) groups is 2. The van der Waals surface area contributed by atoms with Gasteiger partial charge in [0.25, 0.3) is 0 Å². The summed E-state index contributed by atoms with van der Waals surface area (Å²) in [5, 5.41) is 23.4. The predicted molar refractivity (Wildman–Crippen MR) is 70.4 cm³/mol. The molecule has 0 aliphatic carbocycles. The molecule has 1 aliphatic rings. The molecule has 1 fully saturated rings. The van der Waals surface area contributed by atoms with Crippen molar-refractivity contribution in [3.63, 3.8) is 0 Å². The molecule has 1 aromatic rings. The third-order valence-corrected chi connectivity index (χ3v) is 3.68. The van der Waals surface area contributed by atoms with Crippen LogP contribution in [0.3, 0.4) is 0 Å². The number of carboxylic acids is 1. The molecule has 0 spiro atoms. The molecule has 1 N–H and O–H groups in total. The maximum Gasteiger partial charge on any atom is 0.389 e. The van der Waals surface area contributed by atoms with Crippen LogP contribution >= 0.6 is 0 Å². The monoisotopic (exact) mass is 296 g/mol. The highest BCUT2D eigenvalue weighted by molar-refractivity contribution is 5.79. The van der Waals surface area contributed by atoms with Gasteiger partial charge in [-0.1, -0.05) is 0 Å². The number of nitrogens with zero attached hydrogens (tertiary/aromatic N) is 4. The summed E-state index contributed by atoms with van der Waals surface area (Å²) in [6, 6.07) is 1.21. The van der Waals surface area contributed by atoms with Gasteiger partial charge in [-0.2, -0.15) is 4.68 Å². The minimum atomic E-state index is -0.940. The predicted octanol–water partition coefficient (Wildman–Crippen LogP) is 0.505. The number of amides is 1. The lowest BCUT2D eigenvalue weighted by Gasteiger charge is -2.37. The van der Waals surface area contributed by atoms with E-state index < -0.39 is 16.3 Å². The SMILES string of the molecule is CC1(C(=O)O)CCCN(C(=O)Cn2ccc([N+](=O)[O-])n2)C1. The number of aromatic nitrogens is 2. The molecule has 114 valence electrons. The third-order valence-electron chi connectivity index (χ3n) is 3.68. The van der Waals surface area contributed by atoms with Crippen molar-refractivity contribution in [3.8, 4) is 0 Å². The highest BCUT2D eigenvalue weighted by atomic mass is 16.6. The Kier molecular flexibility index (Phi) is 3.92. The molecule has 2 heterocycles. The molecule has 0 bridgehead atoms. The molecule has 1 unspecified atom stereocenters. The Morgan fingerprint density at radius 2 is 2.29 bits per heavy atom. The van der Waals surface area contributed by atoms with E-state index in [4.69, 9.17) is 0 Å². The van der Waals surface area contributed by atoms with Crippen molar-refractivity contribution in [1.82, 2.24) is 14.7 Å². The summed E-state index contributed by atoms with van der Waals surface area (Å²) in [5.74, 6) is -1.54. The van der Waals surface area contributed by atoms with Crippen molar-refractivity contribution in [2.45, 2.75) is 26.3 Å². The Bertz CT molecular complexity index is 584. The number of hydrogen-bond donors (Lipinski definition) is 1. The summed E-state index contributed by atoms with van der Waals surface area (Å²) in [5.41, 5.74) is -0.940. The van der Waals surface area contributed by atoms with E-state index in [0.717, 1.165) is 0 Å². The third kappa shape index (κ3) is 3.18. The Hall–Kier alpha value is -2.45. The maximum absolute atomic E-state index is 12.2. The fourth-order valence-electron chi connectivity index (χ4n) is 2.40. The fourth-order valence-corrected chi connectivity index (χ4v) is 2.40. The number of likely N-dealkylation sites (tertiary alicyclic amines) is 1. The Morgan fingerprint density at radius 1 is 1.57 bits per heavy atom. The molecular weight excluding hydrogens is 280 g/mol. The van der Waals surface area contributed by atoms with Crippen molar-refractivity contribution in [1.29, 1.82) is 0 Å². The van der Waals surface area contributed by atoms with E-state index in [2.05, 4.69) is 5.10 Å². The molecule has 1 aromatic heterocycles. The van der Waals surface area contributed by atoms with Crippen molar-refractivity contribution in [2.75, 3.05) is 13.1 Å². The zero-order valence-electron chi connectivity index (χ0n) is 11.6. The van der Waals surface area contributed by atoms with Crippen molar-refractivity contribution >= 4 is 17.7 Å². The first-order valence-electron chi connectivity index (χ1n) is 6.51. The minimum absolute atomic E-state index is 0.135. The number of carboxylic acid groups (broad SMARTS) is 1. The number of aliphatic carboxylic acids is 1. The standard InChI is InChI=1S/C12H16N4O5/c1-12(11(18)19)4-2-5-14(8-12)10(17)7-15-6-3-9(13-15)16(20)21/h3,6H,2,4-5,7-8H2,1H3,(H,18,19). The van der Waals surface area contributed by atoms with Crippen LogP contribution in [0.1, 0.15) is 19.8 Å². The lowest BCUT2D eigenvalue weighted by atomic mass is 9.82. The molecule has 1 saturated heterocycles. The maximum atomic E-state index is 12.2. The molecule has 9 heteroatoms. The number of carbonyl (C=O) groups excluding carboxylic acids is 1. The minimum Gasteiger partial charge on any atom is -0.481 e. The van der Waals surface area contributed by atoms with Crippen molar-refractivity contribution in [3.05, 3.63) is 22.4 Å². The van der Waals surface area contributed by atoms with Crippen LogP contribution in [0.4, 0.5) is 5.82 Å². The first-order chi connectivity index (χ1) is 9.82. The molecule has 0 aromatic carbocycles. The largest absolute Gasteiger partial charge is 0.481 e. The van der Waals surface area contributed by atoms with E-state index in [9.17, 15) is 24.8 Å². The molecule has 21 heavy (non-hydrogen) atoms. The number of nitro groups is 1. The average Bonchev–Trinajstić information content (AvgIpc) is 2.87. The Labute approximate surface area is 120 Å². The molecule has 0 radical (unpaired) electrons. The lowest BCUT2D eigenvalue weighted by Crippen LogP contribution is -2.49. The van der Waals surface area contributed by atoms with Crippen molar-refractivity contribution in [2.24, 2.45) is 5.41 Å². The van der Waals surface area contributed by atoms with Crippen LogP contribution in [0.5, 0.6) is 0 Å². The smallest absolute Gasteiger partial charge is 0.389 e. The van der Waals surface area contributed by atoms with E-state index >= 15 is 0 Å². The first-order valence-corrected chi connectivity index (χ1v) is 6.51. The second kappa shape index (κ2) is 5.51. The summed E-state index contributed by atoms with van der Waals surface area (Å²) < 4.78 is 1.19. The zero-order chi connectivity index (χ0) is 15.6.